The zero-order chi connectivity index (χ0) is 22.1. The molecule has 0 saturated carbocycles. The van der Waals surface area contributed by atoms with Crippen LogP contribution in [0.3, 0.4) is 0 Å². The van der Waals surface area contributed by atoms with Crippen LogP contribution in [0.4, 0.5) is 0 Å². The summed E-state index contributed by atoms with van der Waals surface area (Å²) in [4.78, 5) is 39.7. The van der Waals surface area contributed by atoms with E-state index in [1.807, 2.05) is 36.4 Å². The molecule has 1 saturated heterocycles. The van der Waals surface area contributed by atoms with Crippen LogP contribution in [0.1, 0.15) is 28.8 Å². The Labute approximate surface area is 182 Å². The van der Waals surface area contributed by atoms with Crippen LogP contribution < -0.4 is 10.6 Å². The lowest BCUT2D eigenvalue weighted by Gasteiger charge is -2.35. The van der Waals surface area contributed by atoms with Gasteiger partial charge in [-0.15, -0.1) is 0 Å². The Balaban J connectivity index is 1.67. The number of hydrogen-bond acceptors (Lipinski definition) is 4. The quantitative estimate of drug-likeness (QED) is 0.680. The number of carbonyl (C=O) groups is 3. The monoisotopic (exact) mass is 423 g/mol. The number of nitrogens with zero attached hydrogens (tertiary/aromatic N) is 1. The Morgan fingerprint density at radius 1 is 1.00 bits per heavy atom. The van der Waals surface area contributed by atoms with E-state index in [9.17, 15) is 14.4 Å². The van der Waals surface area contributed by atoms with Crippen LogP contribution in [0.15, 0.2) is 60.7 Å². The number of carbonyl (C=O) groups excluding carboxylic acids is 3. The molecule has 2 aromatic carbocycles. The van der Waals surface area contributed by atoms with Gasteiger partial charge in [0, 0.05) is 32.3 Å². The molecular formula is C24H29N3O4. The molecule has 0 bridgehead atoms. The fourth-order valence-electron chi connectivity index (χ4n) is 3.80. The van der Waals surface area contributed by atoms with Gasteiger partial charge in [-0.1, -0.05) is 48.5 Å². The summed E-state index contributed by atoms with van der Waals surface area (Å²) in [5.74, 6) is -0.609. The van der Waals surface area contributed by atoms with Crippen LogP contribution in [-0.4, -0.2) is 55.5 Å². The molecule has 7 heteroatoms. The highest BCUT2D eigenvalue weighted by atomic mass is 16.5. The average Bonchev–Trinajstić information content (AvgIpc) is 2.82. The summed E-state index contributed by atoms with van der Waals surface area (Å²) >= 11 is 0. The summed E-state index contributed by atoms with van der Waals surface area (Å²) in [7, 11) is 1.50. The first-order valence-electron chi connectivity index (χ1n) is 10.5. The van der Waals surface area contributed by atoms with E-state index >= 15 is 0 Å². The molecule has 0 radical (unpaired) electrons. The van der Waals surface area contributed by atoms with Crippen molar-refractivity contribution in [3.63, 3.8) is 0 Å². The number of benzene rings is 2. The van der Waals surface area contributed by atoms with Crippen LogP contribution in [0.2, 0.25) is 0 Å². The largest absolute Gasteiger partial charge is 0.375 e. The molecule has 31 heavy (non-hydrogen) atoms. The van der Waals surface area contributed by atoms with E-state index in [1.54, 1.807) is 29.2 Å². The lowest BCUT2D eigenvalue weighted by atomic mass is 9.88. The predicted molar refractivity (Wildman–Crippen MR) is 117 cm³/mol. The van der Waals surface area contributed by atoms with Crippen molar-refractivity contribution in [3.05, 3.63) is 71.8 Å². The number of likely N-dealkylation sites (tertiary alicyclic amines) is 1. The molecule has 7 nitrogen and oxygen atoms in total. The van der Waals surface area contributed by atoms with Crippen LogP contribution in [0.5, 0.6) is 0 Å². The van der Waals surface area contributed by atoms with E-state index in [4.69, 9.17) is 4.74 Å². The maximum Gasteiger partial charge on any atom is 0.251 e. The molecule has 1 fully saturated rings. The fourth-order valence-corrected chi connectivity index (χ4v) is 3.80. The van der Waals surface area contributed by atoms with Crippen LogP contribution in [0.25, 0.3) is 0 Å². The van der Waals surface area contributed by atoms with Crippen molar-refractivity contribution >= 4 is 17.7 Å². The zero-order valence-electron chi connectivity index (χ0n) is 17.8. The fraction of sp³-hybridized carbons (Fsp3) is 0.375. The second kappa shape index (κ2) is 11.3. The third-order valence-corrected chi connectivity index (χ3v) is 5.55. The van der Waals surface area contributed by atoms with Crippen LogP contribution in [-0.2, 0) is 20.9 Å². The summed E-state index contributed by atoms with van der Waals surface area (Å²) in [6.45, 7) is 1.52. The smallest absolute Gasteiger partial charge is 0.251 e. The number of methoxy groups -OCH3 is 1. The third-order valence-electron chi connectivity index (χ3n) is 5.55. The maximum absolute atomic E-state index is 13.1. The predicted octanol–water partition coefficient (Wildman–Crippen LogP) is 1.99. The number of piperidine rings is 1. The first-order chi connectivity index (χ1) is 15.1. The molecule has 164 valence electrons. The second-order valence-corrected chi connectivity index (χ2v) is 7.67. The topological polar surface area (TPSA) is 87.7 Å². The van der Waals surface area contributed by atoms with Gasteiger partial charge in [-0.2, -0.15) is 0 Å². The normalized spacial score (nSPS) is 15.2. The number of hydrogen-bond donors (Lipinski definition) is 2. The van der Waals surface area contributed by atoms with Crippen LogP contribution >= 0.6 is 0 Å². The van der Waals surface area contributed by atoms with Gasteiger partial charge in [0.05, 0.1) is 0 Å². The van der Waals surface area contributed by atoms with E-state index in [2.05, 4.69) is 10.6 Å². The first-order valence-corrected chi connectivity index (χ1v) is 10.5. The number of amides is 3. The Hall–Kier alpha value is -3.19. The van der Waals surface area contributed by atoms with E-state index < -0.39 is 6.04 Å². The zero-order valence-corrected chi connectivity index (χ0v) is 17.8. The molecule has 0 aliphatic carbocycles. The third kappa shape index (κ3) is 6.39. The minimum atomic E-state index is -0.670. The Bertz CT molecular complexity index is 865. The number of ether oxygens (including phenoxy) is 1. The van der Waals surface area contributed by atoms with Crippen molar-refractivity contribution in [3.8, 4) is 0 Å². The Morgan fingerprint density at radius 3 is 2.23 bits per heavy atom. The van der Waals surface area contributed by atoms with E-state index in [0.717, 1.165) is 5.56 Å². The standard InChI is InChI=1S/C24H29N3O4/c1-31-17-21(28)27-14-12-19(13-15-27)22(26-23(29)20-10-6-3-7-11-20)24(30)25-16-18-8-4-2-5-9-18/h2-11,19,22H,12-17H2,1H3,(H,25,30)(H,26,29). The number of nitrogens with one attached hydrogen (secondary N) is 2. The molecular weight excluding hydrogens is 394 g/mol. The molecule has 1 aliphatic rings. The van der Waals surface area contributed by atoms with E-state index in [-0.39, 0.29) is 30.2 Å². The van der Waals surface area contributed by atoms with Gasteiger partial charge < -0.3 is 20.3 Å². The van der Waals surface area contributed by atoms with Crippen LogP contribution in [0, 0.1) is 5.92 Å². The molecule has 1 unspecified atom stereocenters. The van der Waals surface area contributed by atoms with Gasteiger partial charge in [-0.25, -0.2) is 0 Å². The van der Waals surface area contributed by atoms with Crippen molar-refractivity contribution in [2.24, 2.45) is 5.92 Å². The molecule has 1 heterocycles. The van der Waals surface area contributed by atoms with Gasteiger partial charge in [0.25, 0.3) is 5.91 Å². The molecule has 2 N–H and O–H groups in total. The summed E-state index contributed by atoms with van der Waals surface area (Å²) in [5, 5.41) is 5.88. The summed E-state index contributed by atoms with van der Waals surface area (Å²) in [5.41, 5.74) is 1.50. The highest BCUT2D eigenvalue weighted by molar-refractivity contribution is 5.97. The van der Waals surface area contributed by atoms with Crippen molar-refractivity contribution in [2.45, 2.75) is 25.4 Å². The lowest BCUT2D eigenvalue weighted by Crippen LogP contribution is -2.54. The average molecular weight is 424 g/mol. The maximum atomic E-state index is 13.1. The molecule has 0 spiro atoms. The van der Waals surface area contributed by atoms with Gasteiger partial charge >= 0.3 is 0 Å². The van der Waals surface area contributed by atoms with E-state index in [0.29, 0.717) is 38.0 Å². The summed E-state index contributed by atoms with van der Waals surface area (Å²) < 4.78 is 4.93. The molecule has 3 rings (SSSR count). The van der Waals surface area contributed by atoms with Gasteiger partial charge in [0.1, 0.15) is 12.6 Å². The van der Waals surface area contributed by atoms with Crippen molar-refractivity contribution in [1.29, 1.82) is 0 Å². The second-order valence-electron chi connectivity index (χ2n) is 7.67. The molecule has 2 aromatic rings. The molecule has 0 aromatic heterocycles. The molecule has 1 aliphatic heterocycles. The highest BCUT2D eigenvalue weighted by Crippen LogP contribution is 2.22. The minimum absolute atomic E-state index is 0.0520. The molecule has 3 amide bonds. The summed E-state index contributed by atoms with van der Waals surface area (Å²) in [6, 6.07) is 17.8. The van der Waals surface area contributed by atoms with Gasteiger partial charge in [-0.3, -0.25) is 14.4 Å². The lowest BCUT2D eigenvalue weighted by molar-refractivity contribution is -0.136. The minimum Gasteiger partial charge on any atom is -0.375 e. The summed E-state index contributed by atoms with van der Waals surface area (Å²) in [6.07, 6.45) is 1.27. The first kappa shape index (κ1) is 22.5. The van der Waals surface area contributed by atoms with Gasteiger partial charge in [0.15, 0.2) is 0 Å². The number of rotatable bonds is 8. The van der Waals surface area contributed by atoms with Crippen molar-refractivity contribution in [1.82, 2.24) is 15.5 Å². The van der Waals surface area contributed by atoms with Gasteiger partial charge in [0.2, 0.25) is 11.8 Å². The molecule has 1 atom stereocenters. The Kier molecular flexibility index (Phi) is 8.18. The highest BCUT2D eigenvalue weighted by Gasteiger charge is 2.33. The Morgan fingerprint density at radius 2 is 1.61 bits per heavy atom. The van der Waals surface area contributed by atoms with Gasteiger partial charge in [-0.05, 0) is 36.5 Å². The SMILES string of the molecule is COCC(=O)N1CCC(C(NC(=O)c2ccccc2)C(=O)NCc2ccccc2)CC1. The van der Waals surface area contributed by atoms with Crippen molar-refractivity contribution in [2.75, 3.05) is 26.8 Å². The van der Waals surface area contributed by atoms with E-state index in [1.165, 1.54) is 7.11 Å². The van der Waals surface area contributed by atoms with Crippen molar-refractivity contribution < 1.29 is 19.1 Å².